The summed E-state index contributed by atoms with van der Waals surface area (Å²) in [7, 11) is 0. The zero-order valence-electron chi connectivity index (χ0n) is 15.9. The predicted octanol–water partition coefficient (Wildman–Crippen LogP) is 2.97. The van der Waals surface area contributed by atoms with E-state index in [9.17, 15) is 9.90 Å². The Hall–Kier alpha value is -1.57. The Bertz CT molecular complexity index is 742. The number of morpholine rings is 1. The van der Waals surface area contributed by atoms with E-state index in [0.717, 1.165) is 24.9 Å². The van der Waals surface area contributed by atoms with E-state index in [1.807, 2.05) is 0 Å². The highest BCUT2D eigenvalue weighted by Gasteiger charge is 2.46. The van der Waals surface area contributed by atoms with Crippen molar-refractivity contribution in [1.29, 1.82) is 0 Å². The normalized spacial score (nSPS) is 28.5. The molecule has 1 saturated carbocycles. The Kier molecular flexibility index (Phi) is 6.54. The second-order valence-electron chi connectivity index (χ2n) is 7.53. The minimum atomic E-state index is -0.464. The molecule has 1 aliphatic heterocycles. The molecule has 2 fully saturated rings. The van der Waals surface area contributed by atoms with Crippen molar-refractivity contribution < 1.29 is 19.4 Å². The van der Waals surface area contributed by atoms with Gasteiger partial charge in [-0.3, -0.25) is 4.90 Å². The monoisotopic (exact) mass is 401 g/mol. The highest BCUT2D eigenvalue weighted by Crippen LogP contribution is 2.36. The van der Waals surface area contributed by atoms with Crippen molar-refractivity contribution >= 4 is 17.6 Å². The summed E-state index contributed by atoms with van der Waals surface area (Å²) in [5, 5.41) is 12.7. The van der Waals surface area contributed by atoms with Crippen LogP contribution in [0.5, 0.6) is 0 Å². The summed E-state index contributed by atoms with van der Waals surface area (Å²) in [5.74, 6) is 0.0241. The van der Waals surface area contributed by atoms with Crippen LogP contribution in [0, 0.1) is 5.92 Å². The molecule has 0 spiro atoms. The van der Waals surface area contributed by atoms with Crippen LogP contribution in [0.25, 0.3) is 10.4 Å². The Morgan fingerprint density at radius 2 is 2.00 bits per heavy atom. The summed E-state index contributed by atoms with van der Waals surface area (Å²) >= 11 is 1.73. The number of hydrogen-bond acceptors (Lipinski definition) is 6. The number of carbonyl (C=O) groups excluding carboxylic acids is 1. The zero-order valence-corrected chi connectivity index (χ0v) is 16.7. The molecular formula is C22H27NO4S. The van der Waals surface area contributed by atoms with Crippen LogP contribution >= 0.6 is 11.3 Å². The third kappa shape index (κ3) is 4.36. The first-order chi connectivity index (χ1) is 13.8. The molecule has 150 valence electrons. The number of aldehydes is 1. The van der Waals surface area contributed by atoms with Crippen molar-refractivity contribution in [2.24, 2.45) is 5.92 Å². The highest BCUT2D eigenvalue weighted by molar-refractivity contribution is 7.13. The molecular weight excluding hydrogens is 374 g/mol. The summed E-state index contributed by atoms with van der Waals surface area (Å²) in [5.41, 5.74) is 2.32. The summed E-state index contributed by atoms with van der Waals surface area (Å²) in [6.07, 6.45) is 1.39. The van der Waals surface area contributed by atoms with Crippen molar-refractivity contribution in [2.45, 2.75) is 37.7 Å². The summed E-state index contributed by atoms with van der Waals surface area (Å²) in [6, 6.07) is 12.6. The fraction of sp³-hybridized carbons (Fsp3) is 0.500. The molecule has 0 unspecified atom stereocenters. The highest BCUT2D eigenvalue weighted by atomic mass is 32.1. The first kappa shape index (κ1) is 19.7. The average molecular weight is 402 g/mol. The number of nitrogens with zero attached hydrogens (tertiary/aromatic N) is 1. The largest absolute Gasteiger partial charge is 0.391 e. The van der Waals surface area contributed by atoms with E-state index in [1.54, 1.807) is 11.3 Å². The fourth-order valence-corrected chi connectivity index (χ4v) is 5.19. The summed E-state index contributed by atoms with van der Waals surface area (Å²) < 4.78 is 11.6. The quantitative estimate of drug-likeness (QED) is 0.723. The lowest BCUT2D eigenvalue weighted by Crippen LogP contribution is -2.50. The molecule has 4 atom stereocenters. The molecule has 28 heavy (non-hydrogen) atoms. The predicted molar refractivity (Wildman–Crippen MR) is 109 cm³/mol. The molecule has 2 heterocycles. The van der Waals surface area contributed by atoms with Crippen molar-refractivity contribution in [3.8, 4) is 10.4 Å². The molecule has 1 N–H and O–H groups in total. The lowest BCUT2D eigenvalue weighted by Gasteiger charge is -2.37. The molecule has 1 saturated heterocycles. The maximum atomic E-state index is 11.3. The van der Waals surface area contributed by atoms with Gasteiger partial charge in [-0.25, -0.2) is 0 Å². The molecule has 0 radical (unpaired) electrons. The van der Waals surface area contributed by atoms with Crippen LogP contribution in [0.4, 0.5) is 0 Å². The number of aliphatic hydroxyl groups is 1. The number of benzene rings is 1. The van der Waals surface area contributed by atoms with Crippen LogP contribution < -0.4 is 0 Å². The Labute approximate surface area is 169 Å². The molecule has 1 aromatic carbocycles. The van der Waals surface area contributed by atoms with Crippen LogP contribution in [-0.2, 0) is 20.9 Å². The summed E-state index contributed by atoms with van der Waals surface area (Å²) in [4.78, 5) is 14.8. The van der Waals surface area contributed by atoms with E-state index in [0.29, 0.717) is 32.7 Å². The van der Waals surface area contributed by atoms with Crippen molar-refractivity contribution in [2.75, 3.05) is 26.3 Å². The molecule has 4 rings (SSSR count). The fourth-order valence-electron chi connectivity index (χ4n) is 4.45. The number of ether oxygens (including phenoxy) is 2. The number of rotatable bonds is 7. The smallest absolute Gasteiger partial charge is 0.120 e. The maximum absolute atomic E-state index is 11.3. The van der Waals surface area contributed by atoms with Crippen LogP contribution in [0.2, 0.25) is 0 Å². The molecule has 5 nitrogen and oxygen atoms in total. The van der Waals surface area contributed by atoms with Crippen LogP contribution in [0.15, 0.2) is 41.8 Å². The van der Waals surface area contributed by atoms with Gasteiger partial charge in [0, 0.05) is 42.8 Å². The Morgan fingerprint density at radius 3 is 2.68 bits per heavy atom. The minimum Gasteiger partial charge on any atom is -0.391 e. The SMILES string of the molecule is O=CC[C@@H]1[C@@H](N2CCOCC2)[C@H](O)C[C@@H]1OCc1ccc(-c2cccs2)cc1. The van der Waals surface area contributed by atoms with Gasteiger partial charge in [-0.1, -0.05) is 30.3 Å². The topological polar surface area (TPSA) is 59.0 Å². The van der Waals surface area contributed by atoms with E-state index >= 15 is 0 Å². The third-order valence-electron chi connectivity index (χ3n) is 5.84. The lowest BCUT2D eigenvalue weighted by molar-refractivity contribution is -0.111. The van der Waals surface area contributed by atoms with Gasteiger partial charge in [-0.05, 0) is 22.6 Å². The van der Waals surface area contributed by atoms with Gasteiger partial charge >= 0.3 is 0 Å². The minimum absolute atomic E-state index is 0.0241. The second kappa shape index (κ2) is 9.29. The Balaban J connectivity index is 1.39. The standard InChI is InChI=1S/C22H27NO4S/c24-10-7-18-20(14-19(25)22(18)23-8-11-26-12-9-23)27-15-16-3-5-17(6-4-16)21-2-1-13-28-21/h1-6,10,13,18-20,22,25H,7-9,11-12,14-15H2/t18-,19+,20-,22+/m0/s1. The Morgan fingerprint density at radius 1 is 1.21 bits per heavy atom. The van der Waals surface area contributed by atoms with Gasteiger partial charge in [0.2, 0.25) is 0 Å². The number of aliphatic hydroxyl groups excluding tert-OH is 1. The maximum Gasteiger partial charge on any atom is 0.120 e. The molecule has 1 aromatic heterocycles. The van der Waals surface area contributed by atoms with Gasteiger partial charge in [0.1, 0.15) is 6.29 Å². The molecule has 0 bridgehead atoms. The molecule has 2 aromatic rings. The van der Waals surface area contributed by atoms with Gasteiger partial charge < -0.3 is 19.4 Å². The molecule has 6 heteroatoms. The van der Waals surface area contributed by atoms with Crippen LogP contribution in [-0.4, -0.2) is 60.8 Å². The number of carbonyl (C=O) groups is 1. The van der Waals surface area contributed by atoms with E-state index in [2.05, 4.69) is 46.7 Å². The van der Waals surface area contributed by atoms with Crippen molar-refractivity contribution in [3.63, 3.8) is 0 Å². The molecule has 2 aliphatic rings. The lowest BCUT2D eigenvalue weighted by atomic mass is 9.96. The zero-order chi connectivity index (χ0) is 19.3. The van der Waals surface area contributed by atoms with Gasteiger partial charge in [0.15, 0.2) is 0 Å². The summed E-state index contributed by atoms with van der Waals surface area (Å²) in [6.45, 7) is 3.45. The average Bonchev–Trinajstić information content (AvgIpc) is 3.36. The van der Waals surface area contributed by atoms with Crippen LogP contribution in [0.1, 0.15) is 18.4 Å². The van der Waals surface area contributed by atoms with Gasteiger partial charge in [0.25, 0.3) is 0 Å². The van der Waals surface area contributed by atoms with E-state index in [-0.39, 0.29) is 18.1 Å². The molecule has 0 amide bonds. The first-order valence-corrected chi connectivity index (χ1v) is 10.8. The van der Waals surface area contributed by atoms with Crippen molar-refractivity contribution in [1.82, 2.24) is 4.90 Å². The van der Waals surface area contributed by atoms with E-state index in [4.69, 9.17) is 9.47 Å². The van der Waals surface area contributed by atoms with Crippen LogP contribution in [0.3, 0.4) is 0 Å². The number of thiophene rings is 1. The first-order valence-electron chi connectivity index (χ1n) is 9.94. The van der Waals surface area contributed by atoms with E-state index in [1.165, 1.54) is 10.4 Å². The second-order valence-corrected chi connectivity index (χ2v) is 8.48. The third-order valence-corrected chi connectivity index (χ3v) is 6.76. The van der Waals surface area contributed by atoms with Gasteiger partial charge in [-0.2, -0.15) is 0 Å². The number of hydrogen-bond donors (Lipinski definition) is 1. The van der Waals surface area contributed by atoms with E-state index < -0.39 is 6.10 Å². The van der Waals surface area contributed by atoms with Gasteiger partial charge in [0.05, 0.1) is 32.0 Å². The van der Waals surface area contributed by atoms with Crippen molar-refractivity contribution in [3.05, 3.63) is 47.3 Å². The molecule has 1 aliphatic carbocycles. The van der Waals surface area contributed by atoms with Gasteiger partial charge in [-0.15, -0.1) is 11.3 Å².